The zero-order valence-electron chi connectivity index (χ0n) is 10.5. The van der Waals surface area contributed by atoms with Crippen molar-refractivity contribution in [2.75, 3.05) is 19.8 Å². The molecule has 90 valence electrons. The molecular formula is C12H20N2O2. The highest BCUT2D eigenvalue weighted by atomic mass is 16.5. The summed E-state index contributed by atoms with van der Waals surface area (Å²) in [6.45, 7) is 7.67. The van der Waals surface area contributed by atoms with Crippen LogP contribution in [0.3, 0.4) is 0 Å². The van der Waals surface area contributed by atoms with Crippen molar-refractivity contribution in [3.8, 4) is 0 Å². The van der Waals surface area contributed by atoms with Crippen LogP contribution in [0.2, 0.25) is 0 Å². The number of aromatic nitrogens is 1. The number of nitrogens with one attached hydrogen (secondary N) is 1. The maximum atomic E-state index is 11.8. The van der Waals surface area contributed by atoms with Crippen molar-refractivity contribution in [1.82, 2.24) is 9.88 Å². The van der Waals surface area contributed by atoms with Crippen LogP contribution < -0.4 is 5.32 Å². The van der Waals surface area contributed by atoms with Crippen molar-refractivity contribution in [3.05, 3.63) is 23.0 Å². The number of carbonyl (C=O) groups is 1. The highest BCUT2D eigenvalue weighted by Crippen LogP contribution is 2.12. The van der Waals surface area contributed by atoms with Gasteiger partial charge in [-0.3, -0.25) is 4.79 Å². The molecule has 0 fully saturated rings. The van der Waals surface area contributed by atoms with Gasteiger partial charge in [-0.15, -0.1) is 0 Å². The molecule has 0 spiro atoms. The topological polar surface area (TPSA) is 43.3 Å². The van der Waals surface area contributed by atoms with Gasteiger partial charge >= 0.3 is 0 Å². The first-order chi connectivity index (χ1) is 7.57. The van der Waals surface area contributed by atoms with E-state index in [1.54, 1.807) is 0 Å². The minimum atomic E-state index is -0.0269. The first-order valence-electron chi connectivity index (χ1n) is 5.56. The molecule has 16 heavy (non-hydrogen) atoms. The molecule has 4 nitrogen and oxygen atoms in total. The largest absolute Gasteiger partial charge is 0.380 e. The van der Waals surface area contributed by atoms with Gasteiger partial charge in [0.05, 0.1) is 12.2 Å². The molecule has 0 aliphatic heterocycles. The molecule has 0 radical (unpaired) electrons. The molecule has 0 aromatic carbocycles. The molecule has 1 N–H and O–H groups in total. The maximum absolute atomic E-state index is 11.8. The molecule has 1 aromatic rings. The summed E-state index contributed by atoms with van der Waals surface area (Å²) in [6.07, 6.45) is 0. The molecule has 0 aliphatic rings. The lowest BCUT2D eigenvalue weighted by Gasteiger charge is -2.05. The quantitative estimate of drug-likeness (QED) is 0.768. The second kappa shape index (κ2) is 5.70. The second-order valence-electron chi connectivity index (χ2n) is 3.80. The molecular weight excluding hydrogens is 204 g/mol. The Balaban J connectivity index is 2.56. The monoisotopic (exact) mass is 224 g/mol. The normalized spacial score (nSPS) is 10.5. The summed E-state index contributed by atoms with van der Waals surface area (Å²) in [5.74, 6) is -0.0269. The Labute approximate surface area is 96.6 Å². The van der Waals surface area contributed by atoms with Gasteiger partial charge in [-0.1, -0.05) is 0 Å². The van der Waals surface area contributed by atoms with Crippen LogP contribution in [0, 0.1) is 13.8 Å². The van der Waals surface area contributed by atoms with Gasteiger partial charge in [-0.05, 0) is 26.8 Å². The average Bonchev–Trinajstić information content (AvgIpc) is 2.52. The fourth-order valence-electron chi connectivity index (χ4n) is 1.56. The van der Waals surface area contributed by atoms with E-state index in [9.17, 15) is 4.79 Å². The van der Waals surface area contributed by atoms with Crippen molar-refractivity contribution in [1.29, 1.82) is 0 Å². The van der Waals surface area contributed by atoms with E-state index in [0.29, 0.717) is 19.8 Å². The van der Waals surface area contributed by atoms with Crippen molar-refractivity contribution in [3.63, 3.8) is 0 Å². The van der Waals surface area contributed by atoms with Crippen LogP contribution in [0.15, 0.2) is 6.07 Å². The number of amides is 1. The highest BCUT2D eigenvalue weighted by molar-refractivity contribution is 5.95. The van der Waals surface area contributed by atoms with E-state index >= 15 is 0 Å². The third kappa shape index (κ3) is 2.85. The second-order valence-corrected chi connectivity index (χ2v) is 3.80. The van der Waals surface area contributed by atoms with Gasteiger partial charge in [0, 0.05) is 31.6 Å². The number of aryl methyl sites for hydroxylation is 1. The smallest absolute Gasteiger partial charge is 0.253 e. The summed E-state index contributed by atoms with van der Waals surface area (Å²) in [6, 6.07) is 1.91. The molecule has 0 unspecified atom stereocenters. The van der Waals surface area contributed by atoms with Gasteiger partial charge in [-0.25, -0.2) is 0 Å². The molecule has 0 saturated carbocycles. The number of ether oxygens (including phenoxy) is 1. The molecule has 4 heteroatoms. The van der Waals surface area contributed by atoms with Crippen LogP contribution in [-0.4, -0.2) is 30.2 Å². The minimum Gasteiger partial charge on any atom is -0.380 e. The maximum Gasteiger partial charge on any atom is 0.253 e. The van der Waals surface area contributed by atoms with Crippen molar-refractivity contribution in [2.45, 2.75) is 20.8 Å². The Bertz CT molecular complexity index is 369. The minimum absolute atomic E-state index is 0.0269. The third-order valence-electron chi connectivity index (χ3n) is 2.76. The van der Waals surface area contributed by atoms with E-state index in [1.165, 1.54) is 0 Å². The van der Waals surface area contributed by atoms with Crippen LogP contribution in [-0.2, 0) is 11.8 Å². The van der Waals surface area contributed by atoms with Gasteiger partial charge in [0.25, 0.3) is 5.91 Å². The lowest BCUT2D eigenvalue weighted by Crippen LogP contribution is -2.27. The fourth-order valence-corrected chi connectivity index (χ4v) is 1.56. The summed E-state index contributed by atoms with van der Waals surface area (Å²) in [7, 11) is 1.96. The zero-order valence-corrected chi connectivity index (χ0v) is 10.5. The standard InChI is InChI=1S/C12H20N2O2/c1-5-16-7-6-13-12(15)11-8-9(2)14(4)10(11)3/h8H,5-7H2,1-4H3,(H,13,15). The Kier molecular flexibility index (Phi) is 4.55. The first kappa shape index (κ1) is 12.8. The van der Waals surface area contributed by atoms with Crippen molar-refractivity contribution >= 4 is 5.91 Å². The predicted molar refractivity (Wildman–Crippen MR) is 63.7 cm³/mol. The van der Waals surface area contributed by atoms with Crippen LogP contribution in [0.5, 0.6) is 0 Å². The van der Waals surface area contributed by atoms with Crippen molar-refractivity contribution < 1.29 is 9.53 Å². The Morgan fingerprint density at radius 1 is 1.50 bits per heavy atom. The van der Waals surface area contributed by atoms with Gasteiger partial charge in [0.2, 0.25) is 0 Å². The number of hydrogen-bond donors (Lipinski definition) is 1. The Morgan fingerprint density at radius 2 is 2.19 bits per heavy atom. The van der Waals surface area contributed by atoms with E-state index in [4.69, 9.17) is 4.74 Å². The molecule has 1 aromatic heterocycles. The SMILES string of the molecule is CCOCCNC(=O)c1cc(C)n(C)c1C. The number of carbonyl (C=O) groups excluding carboxylic acids is 1. The molecule has 1 rings (SSSR count). The van der Waals surface area contributed by atoms with Crippen molar-refractivity contribution in [2.24, 2.45) is 7.05 Å². The van der Waals surface area contributed by atoms with E-state index in [2.05, 4.69) is 5.32 Å². The van der Waals surface area contributed by atoms with E-state index in [-0.39, 0.29) is 5.91 Å². The summed E-state index contributed by atoms with van der Waals surface area (Å²) in [5.41, 5.74) is 2.83. The molecule has 0 atom stereocenters. The molecule has 0 aliphatic carbocycles. The zero-order chi connectivity index (χ0) is 12.1. The number of rotatable bonds is 5. The van der Waals surface area contributed by atoms with E-state index < -0.39 is 0 Å². The number of hydrogen-bond acceptors (Lipinski definition) is 2. The van der Waals surface area contributed by atoms with Crippen LogP contribution in [0.4, 0.5) is 0 Å². The molecule has 1 amide bonds. The van der Waals surface area contributed by atoms with Crippen LogP contribution in [0.25, 0.3) is 0 Å². The number of nitrogens with zero attached hydrogens (tertiary/aromatic N) is 1. The molecule has 0 saturated heterocycles. The highest BCUT2D eigenvalue weighted by Gasteiger charge is 2.12. The van der Waals surface area contributed by atoms with E-state index in [0.717, 1.165) is 17.0 Å². The van der Waals surface area contributed by atoms with Crippen LogP contribution in [0.1, 0.15) is 28.7 Å². The van der Waals surface area contributed by atoms with Crippen LogP contribution >= 0.6 is 0 Å². The average molecular weight is 224 g/mol. The Morgan fingerprint density at radius 3 is 2.69 bits per heavy atom. The molecule has 1 heterocycles. The summed E-state index contributed by atoms with van der Waals surface area (Å²) >= 11 is 0. The predicted octanol–water partition coefficient (Wildman–Crippen LogP) is 1.41. The Hall–Kier alpha value is -1.29. The third-order valence-corrected chi connectivity index (χ3v) is 2.76. The van der Waals surface area contributed by atoms with Gasteiger partial charge in [0.1, 0.15) is 0 Å². The van der Waals surface area contributed by atoms with E-state index in [1.807, 2.05) is 38.5 Å². The lowest BCUT2D eigenvalue weighted by atomic mass is 10.2. The summed E-state index contributed by atoms with van der Waals surface area (Å²) < 4.78 is 7.17. The van der Waals surface area contributed by atoms with Gasteiger partial charge in [-0.2, -0.15) is 0 Å². The first-order valence-corrected chi connectivity index (χ1v) is 5.56. The summed E-state index contributed by atoms with van der Waals surface area (Å²) in [5, 5.41) is 2.84. The lowest BCUT2D eigenvalue weighted by molar-refractivity contribution is 0.0922. The van der Waals surface area contributed by atoms with Gasteiger partial charge < -0.3 is 14.6 Å². The fraction of sp³-hybridized carbons (Fsp3) is 0.583. The molecule has 0 bridgehead atoms. The van der Waals surface area contributed by atoms with Gasteiger partial charge in [0.15, 0.2) is 0 Å². The summed E-state index contributed by atoms with van der Waals surface area (Å²) in [4.78, 5) is 11.8.